The molecule has 3 unspecified atom stereocenters. The number of rotatable bonds is 18. The predicted molar refractivity (Wildman–Crippen MR) is 214 cm³/mol. The quantitative estimate of drug-likeness (QED) is 0.0698. The Bertz CT molecular complexity index is 1740. The smallest absolute Gasteiger partial charge is 0.315 e. The van der Waals surface area contributed by atoms with E-state index in [9.17, 15) is 24.0 Å². The van der Waals surface area contributed by atoms with Gasteiger partial charge in [-0.3, -0.25) is 23.9 Å². The van der Waals surface area contributed by atoms with E-state index in [-0.39, 0.29) is 64.9 Å². The van der Waals surface area contributed by atoms with Crippen LogP contribution in [0.25, 0.3) is 0 Å². The number of esters is 2. The average Bonchev–Trinajstić information content (AvgIpc) is 3.92. The number of ether oxygens (including phenoxy) is 2. The first-order valence-electron chi connectivity index (χ1n) is 22.0. The molecule has 3 N–H and O–H groups in total. The molecule has 10 atom stereocenters. The highest BCUT2D eigenvalue weighted by atomic mass is 32.2. The van der Waals surface area contributed by atoms with Gasteiger partial charge in [0.05, 0.1) is 42.3 Å². The first-order valence-corrected chi connectivity index (χ1v) is 23.0. The van der Waals surface area contributed by atoms with Crippen molar-refractivity contribution >= 4 is 41.4 Å². The topological polar surface area (TPSA) is 171 Å². The summed E-state index contributed by atoms with van der Waals surface area (Å²) in [7, 11) is 0. The minimum Gasteiger partial charge on any atom is -0.465 e. The number of nitrogens with zero attached hydrogens (tertiary/aromatic N) is 3. The number of fused-ring (bicyclic) bond motifs is 3. The molecule has 5 saturated carbocycles. The summed E-state index contributed by atoms with van der Waals surface area (Å²) >= 11 is 1.90. The molecule has 4 bridgehead atoms. The maximum Gasteiger partial charge on any atom is 0.315 e. The van der Waals surface area contributed by atoms with E-state index in [1.807, 2.05) is 22.6 Å². The molecule has 1 spiro atoms. The van der Waals surface area contributed by atoms with Crippen LogP contribution in [0.3, 0.4) is 0 Å². The van der Waals surface area contributed by atoms with E-state index in [1.54, 1.807) is 0 Å². The molecule has 312 valence electrons. The zero-order chi connectivity index (χ0) is 39.8. The van der Waals surface area contributed by atoms with Gasteiger partial charge in [0.1, 0.15) is 11.8 Å². The Kier molecular flexibility index (Phi) is 11.8. The summed E-state index contributed by atoms with van der Waals surface area (Å²) in [5, 5.41) is 17.8. The van der Waals surface area contributed by atoms with Crippen LogP contribution < -0.4 is 16.0 Å². The van der Waals surface area contributed by atoms with Gasteiger partial charge < -0.3 is 25.4 Å². The molecular weight excluding hydrogens is 745 g/mol. The Morgan fingerprint density at radius 3 is 2.61 bits per heavy atom. The number of cyclic esters (lactones) is 1. The van der Waals surface area contributed by atoms with Gasteiger partial charge in [0, 0.05) is 35.8 Å². The minimum atomic E-state index is -0.855. The number of hydrogen-bond acceptors (Lipinski definition) is 10. The van der Waals surface area contributed by atoms with Crippen molar-refractivity contribution < 1.29 is 33.4 Å². The van der Waals surface area contributed by atoms with Crippen molar-refractivity contribution in [2.24, 2.45) is 34.0 Å². The van der Waals surface area contributed by atoms with Crippen LogP contribution in [0.5, 0.6) is 0 Å². The van der Waals surface area contributed by atoms with E-state index in [0.717, 1.165) is 114 Å². The number of carbonyl (C=O) groups is 5. The second kappa shape index (κ2) is 16.7. The van der Waals surface area contributed by atoms with Gasteiger partial charge in [-0.1, -0.05) is 63.7 Å². The number of aryl methyl sites for hydroxylation is 1. The molecule has 57 heavy (non-hydrogen) atoms. The lowest BCUT2D eigenvalue weighted by Crippen LogP contribution is -2.73. The number of ketones is 1. The second-order valence-corrected chi connectivity index (χ2v) is 19.9. The molecule has 14 heteroatoms. The molecule has 5 aliphatic carbocycles. The second-order valence-electron chi connectivity index (χ2n) is 18.7. The lowest BCUT2D eigenvalue weighted by atomic mass is 9.35. The van der Waals surface area contributed by atoms with Crippen molar-refractivity contribution in [1.29, 1.82) is 0 Å². The molecule has 3 amide bonds. The molecular formula is C43H62N6O7S. The van der Waals surface area contributed by atoms with Crippen molar-refractivity contribution in [3.05, 3.63) is 24.0 Å². The number of amides is 3. The summed E-state index contributed by atoms with van der Waals surface area (Å²) in [6.07, 6.45) is 17.7. The number of unbranched alkanes of at least 4 members (excludes halogenated alkanes) is 7. The van der Waals surface area contributed by atoms with E-state index < -0.39 is 16.9 Å². The van der Waals surface area contributed by atoms with Crippen LogP contribution in [0.2, 0.25) is 0 Å². The molecule has 8 aliphatic rings. The van der Waals surface area contributed by atoms with Crippen LogP contribution in [0.1, 0.15) is 135 Å². The maximum atomic E-state index is 14.1. The zero-order valence-corrected chi connectivity index (χ0v) is 34.5. The first-order chi connectivity index (χ1) is 27.5. The van der Waals surface area contributed by atoms with Gasteiger partial charge in [-0.2, -0.15) is 11.8 Å². The van der Waals surface area contributed by atoms with Crippen LogP contribution >= 0.6 is 11.8 Å². The molecule has 9 rings (SSSR count). The Morgan fingerprint density at radius 2 is 1.77 bits per heavy atom. The third kappa shape index (κ3) is 7.65. The minimum absolute atomic E-state index is 0.0220. The van der Waals surface area contributed by atoms with Gasteiger partial charge in [0.25, 0.3) is 0 Å². The number of urea groups is 1. The van der Waals surface area contributed by atoms with Crippen LogP contribution in [-0.2, 0) is 41.7 Å². The normalized spacial score (nSPS) is 36.1. The number of aromatic nitrogens is 3. The number of nitrogens with one attached hydrogen (secondary N) is 3. The lowest BCUT2D eigenvalue weighted by molar-refractivity contribution is -0.257. The first kappa shape index (κ1) is 40.4. The van der Waals surface area contributed by atoms with Gasteiger partial charge in [-0.05, 0) is 87.5 Å². The molecule has 3 aliphatic heterocycles. The van der Waals surface area contributed by atoms with Crippen LogP contribution in [-0.4, -0.2) is 80.5 Å². The van der Waals surface area contributed by atoms with E-state index in [0.29, 0.717) is 49.7 Å². The predicted octanol–water partition coefficient (Wildman–Crippen LogP) is 5.95. The van der Waals surface area contributed by atoms with Gasteiger partial charge in [0.15, 0.2) is 5.78 Å². The lowest BCUT2D eigenvalue weighted by Gasteiger charge is -2.69. The Hall–Kier alpha value is -3.42. The van der Waals surface area contributed by atoms with E-state index in [4.69, 9.17) is 9.47 Å². The molecule has 8 fully saturated rings. The third-order valence-corrected chi connectivity index (χ3v) is 16.8. The van der Waals surface area contributed by atoms with E-state index in [2.05, 4.69) is 39.8 Å². The molecule has 4 heterocycles. The largest absolute Gasteiger partial charge is 0.465 e. The maximum absolute atomic E-state index is 14.1. The van der Waals surface area contributed by atoms with E-state index in [1.165, 1.54) is 0 Å². The molecule has 3 saturated heterocycles. The Labute approximate surface area is 340 Å². The summed E-state index contributed by atoms with van der Waals surface area (Å²) in [6.45, 7) is 8.01. The molecule has 0 radical (unpaired) electrons. The number of hydrogen-bond donors (Lipinski definition) is 3. The van der Waals surface area contributed by atoms with Gasteiger partial charge >= 0.3 is 18.0 Å². The summed E-state index contributed by atoms with van der Waals surface area (Å²) in [6, 6.07) is 0.378. The van der Waals surface area contributed by atoms with Crippen LogP contribution in [0, 0.1) is 34.0 Å². The standard InChI is InChI=1S/C43H62N6O7S/c1-27-28-16-19-43(38(27)52)33(21-28)42-18-12-17-41(2,26-55-39(42)53)32(42)22-34(43)56-36(51)15-8-6-4-3-5-7-11-20-49-24-29(47-48-49)23-44-35(50)14-10-9-13-31-37-30(25-57-31)45-40(54)46-37/h24,28,30-34,37H,1,3-23,25-26H2,2H3,(H,44,50)(H2,45,46,54)/t28-,30+,31+,32?,33?,34+,37+,41-,42-,43?/m0/s1. The number of Topliss-reactive ketones (excluding diaryl/α,β-unsaturated/α-hetero) is 1. The Morgan fingerprint density at radius 1 is 0.982 bits per heavy atom. The van der Waals surface area contributed by atoms with Crippen molar-refractivity contribution in [1.82, 2.24) is 30.9 Å². The fraction of sp³-hybridized carbons (Fsp3) is 0.791. The molecule has 1 aromatic rings. The third-order valence-electron chi connectivity index (χ3n) is 15.3. The summed E-state index contributed by atoms with van der Waals surface area (Å²) in [4.78, 5) is 65.2. The summed E-state index contributed by atoms with van der Waals surface area (Å²) in [5.41, 5.74) is -0.239. The molecule has 0 aromatic carbocycles. The fourth-order valence-electron chi connectivity index (χ4n) is 12.4. The fourth-order valence-corrected chi connectivity index (χ4v) is 13.9. The molecule has 13 nitrogen and oxygen atoms in total. The molecule has 1 aromatic heterocycles. The highest BCUT2D eigenvalue weighted by Crippen LogP contribution is 2.73. The van der Waals surface area contributed by atoms with Crippen molar-refractivity contribution in [3.63, 3.8) is 0 Å². The van der Waals surface area contributed by atoms with E-state index >= 15 is 0 Å². The number of thioether (sulfide) groups is 1. The Balaban J connectivity index is 0.698. The van der Waals surface area contributed by atoms with Gasteiger partial charge in [-0.25, -0.2) is 4.79 Å². The van der Waals surface area contributed by atoms with Crippen molar-refractivity contribution in [2.45, 2.75) is 165 Å². The number of carbonyl (C=O) groups excluding carboxylic acids is 5. The highest BCUT2D eigenvalue weighted by molar-refractivity contribution is 8.00. The average molecular weight is 807 g/mol. The van der Waals surface area contributed by atoms with Gasteiger partial charge in [0.2, 0.25) is 5.91 Å². The zero-order valence-electron chi connectivity index (χ0n) is 33.7. The van der Waals surface area contributed by atoms with Crippen molar-refractivity contribution in [2.75, 3.05) is 12.4 Å². The van der Waals surface area contributed by atoms with Crippen LogP contribution in [0.15, 0.2) is 18.3 Å². The SMILES string of the molecule is C=C1C(=O)C23CC[C@H]1CC2[C@@]12CCC[C@@](C)(COC1=O)C2C[C@H]3OC(=O)CCCCCCCCCn1cc(CNC(=O)CCCC[C@H]2SC[C@H]3NC(=O)N[C@H]32)nn1. The summed E-state index contributed by atoms with van der Waals surface area (Å²) in [5.74, 6) is 0.694. The monoisotopic (exact) mass is 806 g/mol. The summed E-state index contributed by atoms with van der Waals surface area (Å²) < 4.78 is 14.1. The highest BCUT2D eigenvalue weighted by Gasteiger charge is 2.76. The number of allylic oxidation sites excluding steroid dienone is 1. The van der Waals surface area contributed by atoms with Crippen molar-refractivity contribution in [3.8, 4) is 0 Å². The van der Waals surface area contributed by atoms with Gasteiger partial charge in [-0.15, -0.1) is 5.10 Å². The van der Waals surface area contributed by atoms with Crippen LogP contribution in [0.4, 0.5) is 4.79 Å².